The van der Waals surface area contributed by atoms with Crippen LogP contribution >= 0.6 is 11.3 Å². The van der Waals surface area contributed by atoms with Crippen molar-refractivity contribution in [1.29, 1.82) is 0 Å². The highest BCUT2D eigenvalue weighted by atomic mass is 32.1. The fraction of sp³-hybridized carbons (Fsp3) is 0.231. The number of nitrogens with zero attached hydrogens (tertiary/aromatic N) is 5. The number of hydrogen-bond acceptors (Lipinski definition) is 5. The van der Waals surface area contributed by atoms with E-state index in [1.54, 1.807) is 22.2 Å². The summed E-state index contributed by atoms with van der Waals surface area (Å²) < 4.78 is 3.62. The van der Waals surface area contributed by atoms with Gasteiger partial charge in [0.25, 0.3) is 0 Å². The van der Waals surface area contributed by atoms with Crippen molar-refractivity contribution in [3.05, 3.63) is 82.3 Å². The van der Waals surface area contributed by atoms with Crippen LogP contribution in [0.2, 0.25) is 0 Å². The highest BCUT2D eigenvalue weighted by Gasteiger charge is 2.19. The molecule has 0 fully saturated rings. The number of benzene rings is 1. The minimum atomic E-state index is -0.158. The molecule has 0 radical (unpaired) electrons. The van der Waals surface area contributed by atoms with Crippen LogP contribution in [0.4, 0.5) is 5.69 Å². The zero-order valence-corrected chi connectivity index (χ0v) is 20.5. The Morgan fingerprint density at radius 1 is 0.971 bits per heavy atom. The number of amides is 1. The van der Waals surface area contributed by atoms with E-state index in [1.165, 1.54) is 11.1 Å². The van der Waals surface area contributed by atoms with E-state index in [2.05, 4.69) is 51.0 Å². The molecule has 34 heavy (non-hydrogen) atoms. The van der Waals surface area contributed by atoms with Gasteiger partial charge < -0.3 is 5.32 Å². The Morgan fingerprint density at radius 3 is 2.53 bits per heavy atom. The number of aromatic nitrogens is 5. The smallest absolute Gasteiger partial charge is 0.246 e. The molecule has 172 valence electrons. The van der Waals surface area contributed by atoms with E-state index >= 15 is 0 Å². The lowest BCUT2D eigenvalue weighted by atomic mass is 10.1. The molecular formula is C26H26N6OS. The molecule has 4 heterocycles. The summed E-state index contributed by atoms with van der Waals surface area (Å²) in [7, 11) is 0. The molecule has 0 spiro atoms. The molecule has 0 saturated heterocycles. The van der Waals surface area contributed by atoms with Gasteiger partial charge in [0.15, 0.2) is 5.65 Å². The van der Waals surface area contributed by atoms with Gasteiger partial charge in [0.2, 0.25) is 5.91 Å². The number of pyridine rings is 1. The van der Waals surface area contributed by atoms with E-state index in [1.807, 2.05) is 49.7 Å². The lowest BCUT2D eigenvalue weighted by Crippen LogP contribution is -2.20. The van der Waals surface area contributed by atoms with Gasteiger partial charge in [-0.3, -0.25) is 9.48 Å². The molecule has 0 unspecified atom stereocenters. The van der Waals surface area contributed by atoms with Gasteiger partial charge in [0.05, 0.1) is 34.7 Å². The van der Waals surface area contributed by atoms with E-state index < -0.39 is 0 Å². The topological polar surface area (TPSA) is 77.6 Å². The van der Waals surface area contributed by atoms with Crippen molar-refractivity contribution in [2.45, 2.75) is 40.8 Å². The van der Waals surface area contributed by atoms with Crippen molar-refractivity contribution in [3.63, 3.8) is 0 Å². The van der Waals surface area contributed by atoms with Crippen molar-refractivity contribution in [3.8, 4) is 10.4 Å². The van der Waals surface area contributed by atoms with Crippen LogP contribution < -0.4 is 5.32 Å². The van der Waals surface area contributed by atoms with E-state index in [0.29, 0.717) is 12.2 Å². The number of thiophene rings is 1. The Balaban J connectivity index is 1.39. The molecule has 1 N–H and O–H groups in total. The normalized spacial score (nSPS) is 11.3. The fourth-order valence-corrected chi connectivity index (χ4v) is 5.08. The summed E-state index contributed by atoms with van der Waals surface area (Å²) in [4.78, 5) is 18.7. The molecule has 5 rings (SSSR count). The zero-order chi connectivity index (χ0) is 23.8. The number of anilines is 1. The van der Waals surface area contributed by atoms with Gasteiger partial charge in [0.1, 0.15) is 6.54 Å². The van der Waals surface area contributed by atoms with Crippen molar-refractivity contribution in [2.75, 3.05) is 5.32 Å². The Kier molecular flexibility index (Phi) is 5.75. The zero-order valence-electron chi connectivity index (χ0n) is 19.7. The molecule has 0 aliphatic rings. The second-order valence-corrected chi connectivity index (χ2v) is 9.40. The van der Waals surface area contributed by atoms with Crippen LogP contribution in [0.15, 0.2) is 54.0 Å². The summed E-state index contributed by atoms with van der Waals surface area (Å²) in [5.74, 6) is -0.158. The fourth-order valence-electron chi connectivity index (χ4n) is 4.32. The molecule has 1 aromatic carbocycles. The predicted octanol–water partition coefficient (Wildman–Crippen LogP) is 5.28. The Bertz CT molecular complexity index is 1500. The van der Waals surface area contributed by atoms with Gasteiger partial charge in [-0.25, -0.2) is 9.67 Å². The highest BCUT2D eigenvalue weighted by molar-refractivity contribution is 7.13. The number of hydrogen-bond donors (Lipinski definition) is 1. The van der Waals surface area contributed by atoms with Gasteiger partial charge in [-0.2, -0.15) is 10.2 Å². The third kappa shape index (κ3) is 4.01. The third-order valence-electron chi connectivity index (χ3n) is 6.12. The number of carbonyl (C=O) groups excluding carboxylic acids is 1. The van der Waals surface area contributed by atoms with E-state index in [0.717, 1.165) is 38.6 Å². The highest BCUT2D eigenvalue weighted by Crippen LogP contribution is 2.32. The maximum Gasteiger partial charge on any atom is 0.246 e. The molecule has 0 atom stereocenters. The molecule has 0 aliphatic heterocycles. The van der Waals surface area contributed by atoms with Crippen LogP contribution in [0.1, 0.15) is 28.2 Å². The second-order valence-electron chi connectivity index (χ2n) is 8.46. The number of aryl methyl sites for hydroxylation is 3. The molecule has 7 nitrogen and oxygen atoms in total. The van der Waals surface area contributed by atoms with Crippen molar-refractivity contribution in [1.82, 2.24) is 24.5 Å². The monoisotopic (exact) mass is 470 g/mol. The average molecular weight is 471 g/mol. The maximum atomic E-state index is 13.0. The summed E-state index contributed by atoms with van der Waals surface area (Å²) >= 11 is 1.68. The Morgan fingerprint density at radius 2 is 1.76 bits per heavy atom. The second kappa shape index (κ2) is 8.87. The van der Waals surface area contributed by atoms with Gasteiger partial charge in [-0.1, -0.05) is 30.3 Å². The maximum absolute atomic E-state index is 13.0. The van der Waals surface area contributed by atoms with Crippen LogP contribution in [0.3, 0.4) is 0 Å². The lowest BCUT2D eigenvalue weighted by Gasteiger charge is -2.09. The van der Waals surface area contributed by atoms with Gasteiger partial charge in [0, 0.05) is 16.6 Å². The van der Waals surface area contributed by atoms with Crippen LogP contribution in [0.25, 0.3) is 21.5 Å². The first-order chi connectivity index (χ1) is 16.4. The van der Waals surface area contributed by atoms with Crippen LogP contribution in [-0.4, -0.2) is 30.5 Å². The number of fused-ring (bicyclic) bond motifs is 1. The van der Waals surface area contributed by atoms with Crippen LogP contribution in [-0.2, 0) is 17.9 Å². The molecular weight excluding hydrogens is 444 g/mol. The first kappa shape index (κ1) is 22.0. The molecule has 5 aromatic rings. The van der Waals surface area contributed by atoms with E-state index in [4.69, 9.17) is 0 Å². The van der Waals surface area contributed by atoms with Crippen molar-refractivity contribution >= 4 is 34.0 Å². The molecule has 0 saturated carbocycles. The average Bonchev–Trinajstić information content (AvgIpc) is 3.52. The minimum absolute atomic E-state index is 0.0765. The van der Waals surface area contributed by atoms with Gasteiger partial charge >= 0.3 is 0 Å². The minimum Gasteiger partial charge on any atom is -0.321 e. The summed E-state index contributed by atoms with van der Waals surface area (Å²) in [6.07, 6.45) is 1.77. The Hall–Kier alpha value is -3.78. The molecule has 1 amide bonds. The molecule has 4 aromatic heterocycles. The largest absolute Gasteiger partial charge is 0.321 e. The SMILES string of the molecule is Cc1ccccc1Cn1nc(C)c(NC(=O)Cn2nc(C)c3c(-c4cccs4)ccnc32)c1C. The van der Waals surface area contributed by atoms with Crippen LogP contribution in [0.5, 0.6) is 0 Å². The number of carbonyl (C=O) groups is 1. The third-order valence-corrected chi connectivity index (χ3v) is 7.02. The van der Waals surface area contributed by atoms with Crippen LogP contribution in [0, 0.1) is 27.7 Å². The van der Waals surface area contributed by atoms with Crippen molar-refractivity contribution < 1.29 is 4.79 Å². The molecule has 0 aliphatic carbocycles. The standard InChI is InChI=1S/C26H26N6OS/c1-16-8-5-6-9-20(16)14-31-19(4)25(18(3)30-31)28-23(33)15-32-26-24(17(2)29-32)21(11-12-27-26)22-10-7-13-34-22/h5-13H,14-15H2,1-4H3,(H,28,33). The molecule has 0 bridgehead atoms. The first-order valence-corrected chi connectivity index (χ1v) is 12.0. The summed E-state index contributed by atoms with van der Waals surface area (Å²) in [5.41, 5.74) is 7.55. The quantitative estimate of drug-likeness (QED) is 0.366. The predicted molar refractivity (Wildman–Crippen MR) is 136 cm³/mol. The van der Waals surface area contributed by atoms with E-state index in [-0.39, 0.29) is 12.5 Å². The summed E-state index contributed by atoms with van der Waals surface area (Å²) in [5, 5.41) is 15.4. The van der Waals surface area contributed by atoms with Gasteiger partial charge in [-0.05, 0) is 56.3 Å². The number of nitrogens with one attached hydrogen (secondary N) is 1. The summed E-state index contributed by atoms with van der Waals surface area (Å²) in [6.45, 7) is 8.69. The lowest BCUT2D eigenvalue weighted by molar-refractivity contribution is -0.116. The Labute approximate surface area is 202 Å². The summed E-state index contributed by atoms with van der Waals surface area (Å²) in [6, 6.07) is 14.4. The van der Waals surface area contributed by atoms with Crippen molar-refractivity contribution in [2.24, 2.45) is 0 Å². The molecule has 8 heteroatoms. The van der Waals surface area contributed by atoms with Gasteiger partial charge in [-0.15, -0.1) is 11.3 Å². The first-order valence-electron chi connectivity index (χ1n) is 11.2. The van der Waals surface area contributed by atoms with E-state index in [9.17, 15) is 4.79 Å². The number of rotatable bonds is 6.